The minimum Gasteiger partial charge on any atom is -1.00 e. The first-order valence-electron chi connectivity index (χ1n) is 8.07. The molecule has 1 aliphatic carbocycles. The predicted octanol–water partition coefficient (Wildman–Crippen LogP) is -0.0224. The zero-order valence-electron chi connectivity index (χ0n) is 13.8. The van der Waals surface area contributed by atoms with Gasteiger partial charge in [-0.1, -0.05) is 57.5 Å². The van der Waals surface area contributed by atoms with E-state index in [0.717, 1.165) is 18.4 Å². The molecular weight excluding hydrogens is 298 g/mol. The number of carbonyl (C=O) groups is 1. The number of carbonyl (C=O) groups excluding carboxylic acids is 1. The average molecular weight is 326 g/mol. The number of rotatable bonds is 4. The van der Waals surface area contributed by atoms with Gasteiger partial charge in [0.1, 0.15) is 6.10 Å². The fourth-order valence-electron chi connectivity index (χ4n) is 3.30. The van der Waals surface area contributed by atoms with E-state index in [-0.39, 0.29) is 24.5 Å². The highest BCUT2D eigenvalue weighted by Gasteiger charge is 2.35. The van der Waals surface area contributed by atoms with Gasteiger partial charge in [-0.25, -0.2) is 4.79 Å². The van der Waals surface area contributed by atoms with E-state index >= 15 is 0 Å². The predicted molar refractivity (Wildman–Crippen MR) is 83.3 cm³/mol. The Labute approximate surface area is 140 Å². The van der Waals surface area contributed by atoms with Crippen molar-refractivity contribution in [3.8, 4) is 0 Å². The Bertz CT molecular complexity index is 463. The van der Waals surface area contributed by atoms with E-state index in [1.807, 2.05) is 30.3 Å². The Kier molecular flexibility index (Phi) is 7.37. The molecule has 1 aromatic carbocycles. The molecule has 4 heteroatoms. The van der Waals surface area contributed by atoms with E-state index in [1.54, 1.807) is 0 Å². The molecular formula is C18H28ClNO2. The van der Waals surface area contributed by atoms with Gasteiger partial charge in [0.2, 0.25) is 6.04 Å². The van der Waals surface area contributed by atoms with Gasteiger partial charge in [0.15, 0.2) is 0 Å². The number of ether oxygens (including phenoxy) is 1. The third-order valence-electron chi connectivity index (χ3n) is 4.72. The molecule has 1 saturated carbocycles. The van der Waals surface area contributed by atoms with Gasteiger partial charge >= 0.3 is 5.97 Å². The fourth-order valence-corrected chi connectivity index (χ4v) is 3.30. The molecule has 3 N–H and O–H groups in total. The Hall–Kier alpha value is -1.06. The maximum Gasteiger partial charge on any atom is 0.370 e. The van der Waals surface area contributed by atoms with Gasteiger partial charge in [0.05, 0.1) is 0 Å². The van der Waals surface area contributed by atoms with Crippen LogP contribution in [0.15, 0.2) is 30.3 Å². The van der Waals surface area contributed by atoms with E-state index in [9.17, 15) is 4.79 Å². The molecule has 0 radical (unpaired) electrons. The second kappa shape index (κ2) is 8.54. The van der Waals surface area contributed by atoms with Crippen molar-refractivity contribution in [1.82, 2.24) is 0 Å². The molecule has 0 unspecified atom stereocenters. The average Bonchev–Trinajstić information content (AvgIpc) is 2.47. The Morgan fingerprint density at radius 3 is 2.45 bits per heavy atom. The normalized spacial score (nSPS) is 26.1. The summed E-state index contributed by atoms with van der Waals surface area (Å²) < 4.78 is 5.85. The van der Waals surface area contributed by atoms with Crippen LogP contribution in [-0.2, 0) is 9.53 Å². The van der Waals surface area contributed by atoms with Crippen LogP contribution in [0.1, 0.15) is 51.6 Å². The smallest absolute Gasteiger partial charge is 0.370 e. The molecule has 2 rings (SSSR count). The Balaban J connectivity index is 0.00000242. The summed E-state index contributed by atoms with van der Waals surface area (Å²) in [6.45, 7) is 6.69. The first kappa shape index (κ1) is 19.0. The van der Waals surface area contributed by atoms with E-state index in [2.05, 4.69) is 26.5 Å². The summed E-state index contributed by atoms with van der Waals surface area (Å²) in [5, 5.41) is 0. The molecule has 124 valence electrons. The minimum absolute atomic E-state index is 0. The van der Waals surface area contributed by atoms with Crippen molar-refractivity contribution < 1.29 is 27.7 Å². The lowest BCUT2D eigenvalue weighted by Gasteiger charge is -2.36. The first-order valence-corrected chi connectivity index (χ1v) is 8.07. The number of benzene rings is 1. The maximum atomic E-state index is 12.4. The van der Waals surface area contributed by atoms with Gasteiger partial charge in [-0.2, -0.15) is 0 Å². The van der Waals surface area contributed by atoms with Crippen molar-refractivity contribution in [1.29, 1.82) is 0 Å². The summed E-state index contributed by atoms with van der Waals surface area (Å²) in [6.07, 6.45) is 3.43. The summed E-state index contributed by atoms with van der Waals surface area (Å²) in [4.78, 5) is 12.4. The van der Waals surface area contributed by atoms with E-state index in [0.29, 0.717) is 17.8 Å². The second-order valence-electron chi connectivity index (χ2n) is 6.76. The first-order chi connectivity index (χ1) is 9.99. The molecule has 0 spiro atoms. The highest BCUT2D eigenvalue weighted by atomic mass is 35.5. The van der Waals surface area contributed by atoms with Crippen LogP contribution in [0.25, 0.3) is 0 Å². The molecule has 22 heavy (non-hydrogen) atoms. The molecule has 0 heterocycles. The molecule has 0 amide bonds. The number of hydrogen-bond donors (Lipinski definition) is 1. The highest BCUT2D eigenvalue weighted by Crippen LogP contribution is 2.35. The summed E-state index contributed by atoms with van der Waals surface area (Å²) in [6, 6.07) is 9.24. The Morgan fingerprint density at radius 2 is 1.86 bits per heavy atom. The quantitative estimate of drug-likeness (QED) is 0.791. The SMILES string of the molecule is CC(C)[C@@H]1CC[C@@H](C)C[C@H]1OC(=O)[C@@H]([NH3+])c1ccccc1.[Cl-]. The lowest BCUT2D eigenvalue weighted by Crippen LogP contribution is -3.00. The van der Waals surface area contributed by atoms with Crippen LogP contribution in [0.2, 0.25) is 0 Å². The minimum atomic E-state index is -0.434. The van der Waals surface area contributed by atoms with Crippen LogP contribution in [0, 0.1) is 17.8 Å². The van der Waals surface area contributed by atoms with Crippen LogP contribution in [-0.4, -0.2) is 12.1 Å². The van der Waals surface area contributed by atoms with E-state index in [1.165, 1.54) is 6.42 Å². The molecule has 4 atom stereocenters. The third kappa shape index (κ3) is 4.72. The maximum absolute atomic E-state index is 12.4. The van der Waals surface area contributed by atoms with Gasteiger partial charge < -0.3 is 22.9 Å². The van der Waals surface area contributed by atoms with Gasteiger partial charge in [0, 0.05) is 5.56 Å². The summed E-state index contributed by atoms with van der Waals surface area (Å²) in [7, 11) is 0. The van der Waals surface area contributed by atoms with E-state index in [4.69, 9.17) is 4.74 Å². The van der Waals surface area contributed by atoms with E-state index < -0.39 is 6.04 Å². The number of halogens is 1. The summed E-state index contributed by atoms with van der Waals surface area (Å²) in [5.74, 6) is 1.48. The van der Waals surface area contributed by atoms with Crippen molar-refractivity contribution in [2.75, 3.05) is 0 Å². The lowest BCUT2D eigenvalue weighted by atomic mass is 9.75. The monoisotopic (exact) mass is 325 g/mol. The number of hydrogen-bond acceptors (Lipinski definition) is 2. The van der Waals surface area contributed by atoms with Crippen LogP contribution in [0.4, 0.5) is 0 Å². The lowest BCUT2D eigenvalue weighted by molar-refractivity contribution is -0.415. The Morgan fingerprint density at radius 1 is 1.23 bits per heavy atom. The van der Waals surface area contributed by atoms with Crippen LogP contribution < -0.4 is 18.1 Å². The summed E-state index contributed by atoms with van der Waals surface area (Å²) in [5.41, 5.74) is 4.91. The molecule has 0 saturated heterocycles. The van der Waals surface area contributed by atoms with Crippen LogP contribution in [0.3, 0.4) is 0 Å². The molecule has 0 bridgehead atoms. The van der Waals surface area contributed by atoms with Crippen molar-refractivity contribution in [2.45, 2.75) is 52.2 Å². The molecule has 3 nitrogen and oxygen atoms in total. The van der Waals surface area contributed by atoms with Gasteiger partial charge in [-0.05, 0) is 30.6 Å². The fraction of sp³-hybridized carbons (Fsp3) is 0.611. The molecule has 1 aliphatic rings. The number of quaternary nitrogens is 1. The van der Waals surface area contributed by atoms with Crippen LogP contribution >= 0.6 is 0 Å². The standard InChI is InChI=1S/C18H27NO2.ClH/c1-12(2)15-10-9-13(3)11-16(15)21-18(20)17(19)14-7-5-4-6-8-14;/h4-8,12-13,15-17H,9-11,19H2,1-3H3;1H/t13-,15+,16-,17+;/m1./s1. The zero-order valence-corrected chi connectivity index (χ0v) is 14.6. The topological polar surface area (TPSA) is 53.9 Å². The van der Waals surface area contributed by atoms with Gasteiger partial charge in [0.25, 0.3) is 0 Å². The number of esters is 1. The summed E-state index contributed by atoms with van der Waals surface area (Å²) >= 11 is 0. The van der Waals surface area contributed by atoms with Crippen molar-refractivity contribution in [2.24, 2.45) is 17.8 Å². The van der Waals surface area contributed by atoms with Crippen molar-refractivity contribution in [3.05, 3.63) is 35.9 Å². The zero-order chi connectivity index (χ0) is 15.4. The van der Waals surface area contributed by atoms with Crippen molar-refractivity contribution >= 4 is 5.97 Å². The second-order valence-corrected chi connectivity index (χ2v) is 6.76. The van der Waals surface area contributed by atoms with Crippen molar-refractivity contribution in [3.63, 3.8) is 0 Å². The van der Waals surface area contributed by atoms with Crippen LogP contribution in [0.5, 0.6) is 0 Å². The third-order valence-corrected chi connectivity index (χ3v) is 4.72. The molecule has 0 aromatic heterocycles. The largest absolute Gasteiger partial charge is 1.00 e. The van der Waals surface area contributed by atoms with Gasteiger partial charge in [-0.3, -0.25) is 0 Å². The molecule has 1 fully saturated rings. The highest BCUT2D eigenvalue weighted by molar-refractivity contribution is 5.76. The molecule has 1 aromatic rings. The van der Waals surface area contributed by atoms with Gasteiger partial charge in [-0.15, -0.1) is 0 Å². The molecule has 0 aliphatic heterocycles.